The van der Waals surface area contributed by atoms with Crippen molar-refractivity contribution in [3.63, 3.8) is 0 Å². The number of carbonyl (C=O) groups excluding carboxylic acids is 1. The van der Waals surface area contributed by atoms with Crippen molar-refractivity contribution in [2.24, 2.45) is 0 Å². The molecule has 3 nitrogen and oxygen atoms in total. The lowest BCUT2D eigenvalue weighted by Gasteiger charge is -2.23. The maximum absolute atomic E-state index is 12.1. The van der Waals surface area contributed by atoms with Crippen LogP contribution in [0.4, 0.5) is 5.69 Å². The summed E-state index contributed by atoms with van der Waals surface area (Å²) in [5, 5.41) is 2.90. The van der Waals surface area contributed by atoms with Gasteiger partial charge in [-0.2, -0.15) is 0 Å². The van der Waals surface area contributed by atoms with Crippen LogP contribution in [0, 0.1) is 0 Å². The molecule has 0 aliphatic heterocycles. The van der Waals surface area contributed by atoms with E-state index < -0.39 is 0 Å². The summed E-state index contributed by atoms with van der Waals surface area (Å²) in [5.41, 5.74) is 0.783. The van der Waals surface area contributed by atoms with Gasteiger partial charge in [0.1, 0.15) is 5.75 Å². The Kier molecular flexibility index (Phi) is 5.16. The molecule has 116 valence electrons. The number of thiophene rings is 1. The zero-order valence-electron chi connectivity index (χ0n) is 12.2. The summed E-state index contributed by atoms with van der Waals surface area (Å²) in [6.07, 6.45) is 6.48. The summed E-state index contributed by atoms with van der Waals surface area (Å²) in [6.45, 7) is 0. The number of rotatable bonds is 4. The van der Waals surface area contributed by atoms with Crippen LogP contribution in [0.5, 0.6) is 5.75 Å². The highest BCUT2D eigenvalue weighted by Gasteiger charge is 2.15. The third-order valence-corrected chi connectivity index (χ3v) is 5.39. The molecular weight excluding hydrogens is 362 g/mol. The van der Waals surface area contributed by atoms with Gasteiger partial charge >= 0.3 is 0 Å². The minimum absolute atomic E-state index is 0.0864. The Morgan fingerprint density at radius 1 is 1.09 bits per heavy atom. The minimum Gasteiger partial charge on any atom is -0.490 e. The van der Waals surface area contributed by atoms with E-state index in [4.69, 9.17) is 4.74 Å². The Balaban J connectivity index is 1.58. The van der Waals surface area contributed by atoms with Crippen LogP contribution in [-0.2, 0) is 0 Å². The molecule has 22 heavy (non-hydrogen) atoms. The van der Waals surface area contributed by atoms with Crippen molar-refractivity contribution in [3.05, 3.63) is 45.1 Å². The minimum atomic E-state index is -0.0864. The first-order valence-electron chi connectivity index (χ1n) is 7.54. The number of hydrogen-bond donors (Lipinski definition) is 1. The van der Waals surface area contributed by atoms with Gasteiger partial charge in [0, 0.05) is 5.69 Å². The number of nitrogens with one attached hydrogen (secondary N) is 1. The summed E-state index contributed by atoms with van der Waals surface area (Å²) in [6, 6.07) is 11.3. The van der Waals surface area contributed by atoms with E-state index in [-0.39, 0.29) is 5.91 Å². The number of benzene rings is 1. The average molecular weight is 380 g/mol. The second kappa shape index (κ2) is 7.29. The van der Waals surface area contributed by atoms with Crippen LogP contribution in [0.25, 0.3) is 0 Å². The van der Waals surface area contributed by atoms with E-state index in [0.29, 0.717) is 11.0 Å². The Hall–Kier alpha value is -1.33. The molecule has 1 amide bonds. The summed E-state index contributed by atoms with van der Waals surface area (Å²) >= 11 is 4.79. The van der Waals surface area contributed by atoms with Gasteiger partial charge < -0.3 is 10.1 Å². The molecular formula is C17H18BrNO2S. The van der Waals surface area contributed by atoms with Gasteiger partial charge in [-0.1, -0.05) is 6.42 Å². The van der Waals surface area contributed by atoms with Crippen LogP contribution in [0.2, 0.25) is 0 Å². The van der Waals surface area contributed by atoms with Crippen LogP contribution >= 0.6 is 27.3 Å². The fraction of sp³-hybridized carbons (Fsp3) is 0.353. The molecule has 0 spiro atoms. The predicted molar refractivity (Wildman–Crippen MR) is 93.9 cm³/mol. The van der Waals surface area contributed by atoms with E-state index in [9.17, 15) is 4.79 Å². The molecule has 1 saturated carbocycles. The van der Waals surface area contributed by atoms with E-state index in [2.05, 4.69) is 21.2 Å². The number of carbonyl (C=O) groups is 1. The molecule has 0 radical (unpaired) electrons. The fourth-order valence-electron chi connectivity index (χ4n) is 2.62. The van der Waals surface area contributed by atoms with E-state index in [1.165, 1.54) is 30.6 Å². The molecule has 1 aromatic carbocycles. The smallest absolute Gasteiger partial charge is 0.265 e. The lowest BCUT2D eigenvalue weighted by Crippen LogP contribution is -2.19. The molecule has 1 aromatic heterocycles. The molecule has 5 heteroatoms. The molecule has 2 aromatic rings. The third kappa shape index (κ3) is 4.11. The molecule has 1 aliphatic carbocycles. The van der Waals surface area contributed by atoms with Crippen molar-refractivity contribution >= 4 is 38.9 Å². The van der Waals surface area contributed by atoms with Crippen LogP contribution in [0.15, 0.2) is 40.2 Å². The van der Waals surface area contributed by atoms with E-state index >= 15 is 0 Å². The first-order chi connectivity index (χ1) is 10.7. The van der Waals surface area contributed by atoms with Crippen LogP contribution in [0.1, 0.15) is 41.8 Å². The van der Waals surface area contributed by atoms with Crippen LogP contribution in [0.3, 0.4) is 0 Å². The highest BCUT2D eigenvalue weighted by atomic mass is 79.9. The molecule has 1 N–H and O–H groups in total. The summed E-state index contributed by atoms with van der Waals surface area (Å²) in [5.74, 6) is 0.792. The second-order valence-electron chi connectivity index (χ2n) is 5.46. The Morgan fingerprint density at radius 3 is 2.45 bits per heavy atom. The van der Waals surface area contributed by atoms with Gasteiger partial charge in [0.2, 0.25) is 0 Å². The number of amides is 1. The highest BCUT2D eigenvalue weighted by molar-refractivity contribution is 9.11. The van der Waals surface area contributed by atoms with E-state index in [1.54, 1.807) is 0 Å². The fourth-order valence-corrected chi connectivity index (χ4v) is 3.90. The van der Waals surface area contributed by atoms with Gasteiger partial charge in [-0.25, -0.2) is 0 Å². The van der Waals surface area contributed by atoms with E-state index in [0.717, 1.165) is 28.1 Å². The predicted octanol–water partition coefficient (Wildman–Crippen LogP) is 5.47. The van der Waals surface area contributed by atoms with Crippen molar-refractivity contribution in [3.8, 4) is 5.75 Å². The molecule has 1 aliphatic rings. The van der Waals surface area contributed by atoms with Crippen molar-refractivity contribution in [1.82, 2.24) is 0 Å². The quantitative estimate of drug-likeness (QED) is 0.763. The van der Waals surface area contributed by atoms with Gasteiger partial charge in [-0.05, 0) is 78.0 Å². The lowest BCUT2D eigenvalue weighted by molar-refractivity contribution is 0.103. The Bertz CT molecular complexity index is 632. The van der Waals surface area contributed by atoms with Gasteiger partial charge in [0.15, 0.2) is 0 Å². The number of ether oxygens (including phenoxy) is 1. The van der Waals surface area contributed by atoms with Gasteiger partial charge in [-0.15, -0.1) is 11.3 Å². The van der Waals surface area contributed by atoms with Gasteiger partial charge in [-0.3, -0.25) is 4.79 Å². The van der Waals surface area contributed by atoms with Crippen LogP contribution < -0.4 is 10.1 Å². The molecule has 0 saturated heterocycles. The number of hydrogen-bond acceptors (Lipinski definition) is 3. The normalized spacial score (nSPS) is 15.5. The summed E-state index contributed by atoms with van der Waals surface area (Å²) in [7, 11) is 0. The largest absolute Gasteiger partial charge is 0.490 e. The monoisotopic (exact) mass is 379 g/mol. The average Bonchev–Trinajstić information content (AvgIpc) is 2.97. The molecule has 1 fully saturated rings. The first-order valence-corrected chi connectivity index (χ1v) is 9.15. The maximum atomic E-state index is 12.1. The third-order valence-electron chi connectivity index (χ3n) is 3.76. The lowest BCUT2D eigenvalue weighted by atomic mass is 9.98. The zero-order chi connectivity index (χ0) is 15.4. The number of halogens is 1. The van der Waals surface area contributed by atoms with E-state index in [1.807, 2.05) is 36.4 Å². The second-order valence-corrected chi connectivity index (χ2v) is 7.92. The Morgan fingerprint density at radius 2 is 1.82 bits per heavy atom. The van der Waals surface area contributed by atoms with Crippen molar-refractivity contribution in [1.29, 1.82) is 0 Å². The van der Waals surface area contributed by atoms with Crippen LogP contribution in [-0.4, -0.2) is 12.0 Å². The van der Waals surface area contributed by atoms with Gasteiger partial charge in [0.25, 0.3) is 5.91 Å². The van der Waals surface area contributed by atoms with Crippen molar-refractivity contribution in [2.45, 2.75) is 38.2 Å². The van der Waals surface area contributed by atoms with Gasteiger partial charge in [0.05, 0.1) is 14.8 Å². The first kappa shape index (κ1) is 15.6. The zero-order valence-corrected chi connectivity index (χ0v) is 14.6. The SMILES string of the molecule is O=C(Nc1ccc(OC2CCCCC2)cc1)c1ccc(Br)s1. The molecule has 0 atom stereocenters. The molecule has 0 unspecified atom stereocenters. The van der Waals surface area contributed by atoms with Crippen molar-refractivity contribution in [2.75, 3.05) is 5.32 Å². The molecule has 0 bridgehead atoms. The summed E-state index contributed by atoms with van der Waals surface area (Å²) in [4.78, 5) is 12.8. The number of anilines is 1. The highest BCUT2D eigenvalue weighted by Crippen LogP contribution is 2.25. The standard InChI is InChI=1S/C17H18BrNO2S/c18-16-11-10-15(22-16)17(20)19-12-6-8-14(9-7-12)21-13-4-2-1-3-5-13/h6-11,13H,1-5H2,(H,19,20). The topological polar surface area (TPSA) is 38.3 Å². The maximum Gasteiger partial charge on any atom is 0.265 e. The molecule has 3 rings (SSSR count). The van der Waals surface area contributed by atoms with Crippen molar-refractivity contribution < 1.29 is 9.53 Å². The summed E-state index contributed by atoms with van der Waals surface area (Å²) < 4.78 is 6.94. The Labute approximate surface area is 142 Å². The molecule has 1 heterocycles.